The van der Waals surface area contributed by atoms with Gasteiger partial charge in [0.15, 0.2) is 0 Å². The van der Waals surface area contributed by atoms with Gasteiger partial charge in [0.1, 0.15) is 0 Å². The molecule has 0 heterocycles. The van der Waals surface area contributed by atoms with Gasteiger partial charge in [-0.2, -0.15) is 0 Å². The average molecular weight is 615 g/mol. The maximum Gasteiger partial charge on any atom is 0.249 e. The Bertz CT molecular complexity index is 447. The Morgan fingerprint density at radius 2 is 0.548 bits per heavy atom. The summed E-state index contributed by atoms with van der Waals surface area (Å²) in [6.45, 7) is 9.75. The van der Waals surface area contributed by atoms with Crippen LogP contribution in [0.3, 0.4) is 0 Å². The largest absolute Gasteiger partial charge is 0.565 e. The highest BCUT2D eigenvalue weighted by Crippen LogP contribution is 2.57. The van der Waals surface area contributed by atoms with Crippen LogP contribution in [0.1, 0.15) is 213 Å². The molecule has 0 unspecified atom stereocenters. The first-order valence-corrected chi connectivity index (χ1v) is 21.9. The molecule has 0 saturated carbocycles. The maximum atomic E-state index is 8.44. The molecule has 1 N–H and O–H groups in total. The summed E-state index contributed by atoms with van der Waals surface area (Å²) in [5.74, 6) is 0. The molecule has 3 nitrogen and oxygen atoms in total. The van der Waals surface area contributed by atoms with E-state index in [1.54, 1.807) is 18.5 Å². The Hall–Kier alpha value is -0.300. The van der Waals surface area contributed by atoms with Crippen molar-refractivity contribution in [2.75, 3.05) is 25.2 Å². The fourth-order valence-corrected chi connectivity index (χ4v) is 9.91. The van der Waals surface area contributed by atoms with Crippen LogP contribution in [0.5, 0.6) is 0 Å². The van der Waals surface area contributed by atoms with Crippen molar-refractivity contribution in [2.24, 2.45) is 0 Å². The number of unbranched alkanes of at least 4 members (excludes halogenated alkanes) is 27. The van der Waals surface area contributed by atoms with Gasteiger partial charge in [-0.1, -0.05) is 175 Å². The molecule has 0 aromatic carbocycles. The smallest absolute Gasteiger partial charge is 0.249 e. The molecule has 0 aliphatic heterocycles. The van der Waals surface area contributed by atoms with E-state index in [0.717, 1.165) is 0 Å². The van der Waals surface area contributed by atoms with Crippen LogP contribution in [-0.2, 0) is 0 Å². The molecule has 0 radical (unpaired) electrons. The topological polar surface area (TPSA) is 60.4 Å². The van der Waals surface area contributed by atoms with Gasteiger partial charge in [-0.3, -0.25) is 0 Å². The molecule has 4 heteroatoms. The lowest BCUT2D eigenvalue weighted by Gasteiger charge is -2.24. The van der Waals surface area contributed by atoms with Crippen molar-refractivity contribution in [1.29, 1.82) is 0 Å². The summed E-state index contributed by atoms with van der Waals surface area (Å²) in [6, 6.07) is 0. The van der Waals surface area contributed by atoms with E-state index in [4.69, 9.17) is 15.0 Å². The number of hydrogen-bond acceptors (Lipinski definition) is 2. The lowest BCUT2D eigenvalue weighted by molar-refractivity contribution is -0.275. The predicted octanol–water partition coefficient (Wildman–Crippen LogP) is 13.3. The third-order valence-corrected chi connectivity index (χ3v) is 13.3. The number of rotatable bonds is 33. The molecule has 0 amide bonds. The number of carbonyl (C=O) groups is 1. The monoisotopic (exact) mass is 615 g/mol. The van der Waals surface area contributed by atoms with Crippen molar-refractivity contribution in [3.05, 3.63) is 0 Å². The maximum absolute atomic E-state index is 8.44. The van der Waals surface area contributed by atoms with Crippen molar-refractivity contribution >= 4 is 13.4 Å². The minimum atomic E-state index is -2.08. The average Bonchev–Trinajstić information content (AvgIpc) is 2.96. The number of hydrogen-bond donors (Lipinski definition) is 1. The Balaban J connectivity index is 0. The standard InChI is InChI=1S/C37H78P.CH2O3/c1-5-8-11-14-17-20-23-26-29-32-35-38(4,36-33-30-27-24-21-18-15-12-9-6-2)37-34-31-28-25-22-19-16-13-10-7-3;2-1(3)4/h5-37H2,1-4H3;(H2,2,3,4)/q+1;/p-1. The van der Waals surface area contributed by atoms with Crippen molar-refractivity contribution in [1.82, 2.24) is 0 Å². The lowest BCUT2D eigenvalue weighted by Crippen LogP contribution is -2.17. The minimum Gasteiger partial charge on any atom is -0.565 e. The molecule has 0 saturated heterocycles. The van der Waals surface area contributed by atoms with Crippen LogP contribution < -0.4 is 5.11 Å². The zero-order chi connectivity index (χ0) is 31.4. The molecule has 0 bridgehead atoms. The molecule has 0 rings (SSSR count). The molecule has 0 aromatic heterocycles. The molecular formula is C38H79O3P. The van der Waals surface area contributed by atoms with Gasteiger partial charge >= 0.3 is 0 Å². The molecule has 0 aliphatic carbocycles. The van der Waals surface area contributed by atoms with E-state index in [1.807, 2.05) is 0 Å². The second kappa shape index (κ2) is 36.9. The predicted molar refractivity (Wildman–Crippen MR) is 191 cm³/mol. The van der Waals surface area contributed by atoms with Crippen LogP contribution in [0.25, 0.3) is 0 Å². The summed E-state index contributed by atoms with van der Waals surface area (Å²) in [5, 5.41) is 15.3. The van der Waals surface area contributed by atoms with Gasteiger partial charge in [0, 0.05) is 13.9 Å². The molecule has 0 spiro atoms. The molecule has 0 fully saturated rings. The summed E-state index contributed by atoms with van der Waals surface area (Å²) in [5.41, 5.74) is 0. The number of carboxylic acid groups (broad SMARTS) is 2. The second-order valence-corrected chi connectivity index (χ2v) is 18.2. The summed E-state index contributed by atoms with van der Waals surface area (Å²) >= 11 is 0. The van der Waals surface area contributed by atoms with Crippen molar-refractivity contribution < 1.29 is 15.0 Å². The lowest BCUT2D eigenvalue weighted by atomic mass is 10.1. The highest BCUT2D eigenvalue weighted by atomic mass is 31.2. The zero-order valence-corrected chi connectivity index (χ0v) is 30.4. The normalized spacial score (nSPS) is 11.4. The van der Waals surface area contributed by atoms with E-state index in [9.17, 15) is 0 Å². The first-order chi connectivity index (χ1) is 20.4. The Morgan fingerprint density at radius 1 is 0.405 bits per heavy atom. The van der Waals surface area contributed by atoms with E-state index >= 15 is 0 Å². The van der Waals surface area contributed by atoms with Crippen molar-refractivity contribution in [3.63, 3.8) is 0 Å². The van der Waals surface area contributed by atoms with Gasteiger partial charge in [-0.15, -0.1) is 0 Å². The molecular weight excluding hydrogens is 535 g/mol. The Labute approximate surface area is 266 Å². The van der Waals surface area contributed by atoms with Crippen molar-refractivity contribution in [2.45, 2.75) is 213 Å². The fourth-order valence-electron chi connectivity index (χ4n) is 6.28. The van der Waals surface area contributed by atoms with Gasteiger partial charge in [0.05, 0.1) is 18.5 Å². The van der Waals surface area contributed by atoms with Gasteiger partial charge in [-0.25, -0.2) is 0 Å². The van der Waals surface area contributed by atoms with Crippen LogP contribution in [-0.4, -0.2) is 36.4 Å². The second-order valence-electron chi connectivity index (χ2n) is 13.6. The Morgan fingerprint density at radius 3 is 0.714 bits per heavy atom. The van der Waals surface area contributed by atoms with Crippen LogP contribution in [0.2, 0.25) is 0 Å². The SMILES string of the molecule is CCCCCCCCCCCC[P+](C)(CCCCCCCCCCCC)CCCCCCCCCCCC.O=C([O-])O. The fraction of sp³-hybridized carbons (Fsp3) is 0.974. The quantitative estimate of drug-likeness (QED) is 0.0591. The third-order valence-electron chi connectivity index (χ3n) is 9.15. The van der Waals surface area contributed by atoms with E-state index in [-0.39, 0.29) is 0 Å². The molecule has 0 atom stereocenters. The molecule has 0 aliphatic rings. The zero-order valence-electron chi connectivity index (χ0n) is 29.5. The third kappa shape index (κ3) is 39.7. The highest BCUT2D eigenvalue weighted by Gasteiger charge is 2.29. The van der Waals surface area contributed by atoms with Crippen LogP contribution in [0.15, 0.2) is 0 Å². The minimum absolute atomic E-state index is 0.691. The van der Waals surface area contributed by atoms with E-state index in [1.165, 1.54) is 193 Å². The van der Waals surface area contributed by atoms with Gasteiger partial charge in [0.2, 0.25) is 6.16 Å². The molecule has 0 aromatic rings. The van der Waals surface area contributed by atoms with Gasteiger partial charge < -0.3 is 15.0 Å². The van der Waals surface area contributed by atoms with Crippen molar-refractivity contribution in [3.8, 4) is 0 Å². The summed E-state index contributed by atoms with van der Waals surface area (Å²) in [7, 11) is -0.691. The molecule has 42 heavy (non-hydrogen) atoms. The molecule has 254 valence electrons. The summed E-state index contributed by atoms with van der Waals surface area (Å²) in [6.07, 6.45) is 47.2. The first-order valence-electron chi connectivity index (χ1n) is 19.1. The van der Waals surface area contributed by atoms with E-state index in [2.05, 4.69) is 27.4 Å². The van der Waals surface area contributed by atoms with Crippen LogP contribution in [0, 0.1) is 0 Å². The van der Waals surface area contributed by atoms with Crippen LogP contribution in [0.4, 0.5) is 4.79 Å². The highest BCUT2D eigenvalue weighted by molar-refractivity contribution is 7.75. The first kappa shape index (κ1) is 43.8. The summed E-state index contributed by atoms with van der Waals surface area (Å²) in [4.78, 5) is 8.44. The Kier molecular flexibility index (Phi) is 38.5. The van der Waals surface area contributed by atoms with Gasteiger partial charge in [0.25, 0.3) is 0 Å². The summed E-state index contributed by atoms with van der Waals surface area (Å²) < 4.78 is 0. The van der Waals surface area contributed by atoms with Crippen LogP contribution >= 0.6 is 7.26 Å². The van der Waals surface area contributed by atoms with E-state index in [0.29, 0.717) is 0 Å². The van der Waals surface area contributed by atoms with E-state index < -0.39 is 13.4 Å². The van der Waals surface area contributed by atoms with Gasteiger partial charge in [-0.05, 0) is 38.5 Å².